The molecule has 1 aromatic heterocycles. The Morgan fingerprint density at radius 3 is 2.43 bits per heavy atom. The first-order chi connectivity index (χ1) is 9.96. The summed E-state index contributed by atoms with van der Waals surface area (Å²) in [6.45, 7) is 8.65. The second-order valence-electron chi connectivity index (χ2n) is 5.93. The van der Waals surface area contributed by atoms with E-state index < -0.39 is 0 Å². The van der Waals surface area contributed by atoms with E-state index in [1.54, 1.807) is 6.20 Å². The van der Waals surface area contributed by atoms with Crippen LogP contribution in [0.5, 0.6) is 11.5 Å². The van der Waals surface area contributed by atoms with Crippen molar-refractivity contribution in [1.29, 1.82) is 0 Å². The molecule has 0 aliphatic carbocycles. The summed E-state index contributed by atoms with van der Waals surface area (Å²) in [5.41, 5.74) is 3.33. The molecular formula is C18H22ClNO. The van der Waals surface area contributed by atoms with Crippen molar-refractivity contribution >= 4 is 11.6 Å². The molecule has 0 aliphatic heterocycles. The fraction of sp³-hybridized carbons (Fsp3) is 0.389. The largest absolute Gasteiger partial charge is 0.457 e. The molecule has 0 unspecified atom stereocenters. The highest BCUT2D eigenvalue weighted by Gasteiger charge is 2.17. The van der Waals surface area contributed by atoms with Crippen LogP contribution in [0.1, 0.15) is 44.0 Å². The van der Waals surface area contributed by atoms with E-state index in [1.165, 1.54) is 5.56 Å². The van der Waals surface area contributed by atoms with Crippen LogP contribution >= 0.6 is 11.6 Å². The van der Waals surface area contributed by atoms with Gasteiger partial charge in [0, 0.05) is 23.5 Å². The molecule has 1 heterocycles. The minimum absolute atomic E-state index is 0.188. The molecule has 0 saturated carbocycles. The molecule has 0 atom stereocenters. The van der Waals surface area contributed by atoms with Crippen molar-refractivity contribution in [1.82, 2.24) is 4.98 Å². The molecule has 112 valence electrons. The Labute approximate surface area is 132 Å². The predicted molar refractivity (Wildman–Crippen MR) is 88.4 cm³/mol. The third kappa shape index (κ3) is 3.76. The zero-order valence-corrected chi connectivity index (χ0v) is 13.9. The van der Waals surface area contributed by atoms with Crippen LogP contribution in [-0.2, 0) is 11.3 Å². The minimum atomic E-state index is 0.188. The van der Waals surface area contributed by atoms with E-state index in [2.05, 4.69) is 37.9 Å². The first kappa shape index (κ1) is 15.8. The van der Waals surface area contributed by atoms with Crippen LogP contribution < -0.4 is 4.74 Å². The Hall–Kier alpha value is -1.54. The average molecular weight is 304 g/mol. The predicted octanol–water partition coefficient (Wildman–Crippen LogP) is 5.61. The number of pyridine rings is 1. The van der Waals surface area contributed by atoms with Gasteiger partial charge in [0.25, 0.3) is 0 Å². The van der Waals surface area contributed by atoms with E-state index >= 15 is 0 Å². The van der Waals surface area contributed by atoms with E-state index in [1.807, 2.05) is 25.1 Å². The van der Waals surface area contributed by atoms with Crippen molar-refractivity contribution in [2.24, 2.45) is 0 Å². The van der Waals surface area contributed by atoms with Gasteiger partial charge in [-0.15, -0.1) is 11.6 Å². The number of rotatable bonds is 5. The van der Waals surface area contributed by atoms with Crippen LogP contribution in [0.15, 0.2) is 36.5 Å². The highest BCUT2D eigenvalue weighted by atomic mass is 35.5. The van der Waals surface area contributed by atoms with Gasteiger partial charge < -0.3 is 4.74 Å². The van der Waals surface area contributed by atoms with Crippen molar-refractivity contribution in [3.8, 4) is 11.5 Å². The molecule has 0 N–H and O–H groups in total. The van der Waals surface area contributed by atoms with Gasteiger partial charge in [-0.25, -0.2) is 0 Å². The Balaban J connectivity index is 2.23. The van der Waals surface area contributed by atoms with Gasteiger partial charge in [-0.1, -0.05) is 32.9 Å². The van der Waals surface area contributed by atoms with Gasteiger partial charge in [0.15, 0.2) is 0 Å². The summed E-state index contributed by atoms with van der Waals surface area (Å²) in [5.74, 6) is 1.99. The second kappa shape index (κ2) is 6.48. The number of halogens is 1. The summed E-state index contributed by atoms with van der Waals surface area (Å²) in [5, 5.41) is 0. The maximum absolute atomic E-state index is 5.96. The maximum Gasteiger partial charge on any atom is 0.135 e. The summed E-state index contributed by atoms with van der Waals surface area (Å²) in [6.07, 6.45) is 2.87. The average Bonchev–Trinajstić information content (AvgIpc) is 2.48. The lowest BCUT2D eigenvalue weighted by atomic mass is 9.82. The van der Waals surface area contributed by atoms with Crippen LogP contribution in [0.3, 0.4) is 0 Å². The number of alkyl halides is 1. The van der Waals surface area contributed by atoms with Crippen LogP contribution in [0.25, 0.3) is 0 Å². The van der Waals surface area contributed by atoms with Crippen LogP contribution in [-0.4, -0.2) is 4.98 Å². The third-order valence-corrected chi connectivity index (χ3v) is 4.26. The van der Waals surface area contributed by atoms with Crippen molar-refractivity contribution in [3.05, 3.63) is 53.3 Å². The lowest BCUT2D eigenvalue weighted by Crippen LogP contribution is -2.14. The molecule has 0 bridgehead atoms. The van der Waals surface area contributed by atoms with E-state index in [0.29, 0.717) is 5.88 Å². The Kier molecular flexibility index (Phi) is 4.89. The lowest BCUT2D eigenvalue weighted by Gasteiger charge is -2.23. The normalized spacial score (nSPS) is 11.5. The molecule has 0 fully saturated rings. The van der Waals surface area contributed by atoms with E-state index in [0.717, 1.165) is 29.2 Å². The van der Waals surface area contributed by atoms with E-state index in [-0.39, 0.29) is 5.41 Å². The lowest BCUT2D eigenvalue weighted by molar-refractivity contribution is 0.473. The maximum atomic E-state index is 5.96. The van der Waals surface area contributed by atoms with Crippen molar-refractivity contribution in [3.63, 3.8) is 0 Å². The summed E-state index contributed by atoms with van der Waals surface area (Å²) >= 11 is 5.93. The topological polar surface area (TPSA) is 22.1 Å². The fourth-order valence-electron chi connectivity index (χ4n) is 2.06. The number of aryl methyl sites for hydroxylation is 1. The fourth-order valence-corrected chi connectivity index (χ4v) is 2.26. The quantitative estimate of drug-likeness (QED) is 0.670. The molecule has 0 saturated heterocycles. The molecule has 2 rings (SSSR count). The molecule has 0 aliphatic rings. The minimum Gasteiger partial charge on any atom is -0.457 e. The number of ether oxygens (including phenoxy) is 1. The standard InChI is InChI=1S/C18H22ClNO/c1-5-18(3,4)15-6-8-16(9-7-15)21-17-10-13(2)20-12-14(17)11-19/h6-10,12H,5,11H2,1-4H3. The summed E-state index contributed by atoms with van der Waals surface area (Å²) in [4.78, 5) is 4.25. The molecule has 0 amide bonds. The molecule has 3 heteroatoms. The zero-order valence-electron chi connectivity index (χ0n) is 13.1. The van der Waals surface area contributed by atoms with Crippen LogP contribution in [0, 0.1) is 6.92 Å². The second-order valence-corrected chi connectivity index (χ2v) is 6.20. The Morgan fingerprint density at radius 1 is 1.19 bits per heavy atom. The molecule has 0 spiro atoms. The number of hydrogen-bond donors (Lipinski definition) is 0. The highest BCUT2D eigenvalue weighted by molar-refractivity contribution is 6.17. The summed E-state index contributed by atoms with van der Waals surface area (Å²) in [7, 11) is 0. The first-order valence-corrected chi connectivity index (χ1v) is 7.79. The smallest absolute Gasteiger partial charge is 0.135 e. The van der Waals surface area contributed by atoms with Gasteiger partial charge in [0.1, 0.15) is 11.5 Å². The summed E-state index contributed by atoms with van der Waals surface area (Å²) in [6, 6.07) is 10.2. The van der Waals surface area contributed by atoms with E-state index in [4.69, 9.17) is 16.3 Å². The van der Waals surface area contributed by atoms with Crippen LogP contribution in [0.2, 0.25) is 0 Å². The molecule has 21 heavy (non-hydrogen) atoms. The van der Waals surface area contributed by atoms with E-state index in [9.17, 15) is 0 Å². The third-order valence-electron chi connectivity index (χ3n) is 3.97. The molecule has 0 radical (unpaired) electrons. The Bertz CT molecular complexity index is 605. The number of hydrogen-bond acceptors (Lipinski definition) is 2. The zero-order chi connectivity index (χ0) is 15.5. The number of nitrogens with zero attached hydrogens (tertiary/aromatic N) is 1. The first-order valence-electron chi connectivity index (χ1n) is 7.26. The summed E-state index contributed by atoms with van der Waals surface area (Å²) < 4.78 is 5.96. The molecular weight excluding hydrogens is 282 g/mol. The van der Waals surface area contributed by atoms with Crippen molar-refractivity contribution in [2.75, 3.05) is 0 Å². The van der Waals surface area contributed by atoms with Crippen LogP contribution in [0.4, 0.5) is 0 Å². The van der Waals surface area contributed by atoms with Crippen molar-refractivity contribution in [2.45, 2.75) is 45.4 Å². The van der Waals surface area contributed by atoms with Gasteiger partial charge in [-0.05, 0) is 36.5 Å². The van der Waals surface area contributed by atoms with Crippen molar-refractivity contribution < 1.29 is 4.74 Å². The monoisotopic (exact) mass is 303 g/mol. The highest BCUT2D eigenvalue weighted by Crippen LogP contribution is 2.31. The van der Waals surface area contributed by atoms with Gasteiger partial charge in [0.2, 0.25) is 0 Å². The van der Waals surface area contributed by atoms with Gasteiger partial charge in [-0.3, -0.25) is 4.98 Å². The number of benzene rings is 1. The van der Waals surface area contributed by atoms with Gasteiger partial charge >= 0.3 is 0 Å². The Morgan fingerprint density at radius 2 is 1.86 bits per heavy atom. The van der Waals surface area contributed by atoms with Gasteiger partial charge in [-0.2, -0.15) is 0 Å². The molecule has 1 aromatic carbocycles. The molecule has 2 nitrogen and oxygen atoms in total. The SMILES string of the molecule is CCC(C)(C)c1ccc(Oc2cc(C)ncc2CCl)cc1. The number of aromatic nitrogens is 1. The molecule has 2 aromatic rings. The van der Waals surface area contributed by atoms with Gasteiger partial charge in [0.05, 0.1) is 5.88 Å².